The predicted octanol–water partition coefficient (Wildman–Crippen LogP) is 4.29. The average molecular weight is 293 g/mol. The Bertz CT molecular complexity index is 694. The number of fused-ring (bicyclic) bond motifs is 3. The number of carbonyl (C=O) groups is 1. The fourth-order valence-electron chi connectivity index (χ4n) is 4.41. The molecule has 0 aromatic heterocycles. The minimum atomic E-state index is 0.215. The van der Waals surface area contributed by atoms with Crippen molar-refractivity contribution in [2.24, 2.45) is 5.92 Å². The zero-order valence-electron chi connectivity index (χ0n) is 13.2. The topological polar surface area (TPSA) is 20.3 Å². The van der Waals surface area contributed by atoms with E-state index in [1.54, 1.807) is 0 Å². The van der Waals surface area contributed by atoms with Gasteiger partial charge in [-0.2, -0.15) is 0 Å². The van der Waals surface area contributed by atoms with Crippen LogP contribution in [0.4, 0.5) is 0 Å². The van der Waals surface area contributed by atoms with Crippen LogP contribution in [-0.4, -0.2) is 29.8 Å². The highest BCUT2D eigenvalue weighted by Crippen LogP contribution is 2.37. The van der Waals surface area contributed by atoms with Crippen LogP contribution >= 0.6 is 0 Å². The van der Waals surface area contributed by atoms with Crippen LogP contribution in [0.15, 0.2) is 42.5 Å². The fraction of sp³-hybridized carbons (Fsp3) is 0.450. The third-order valence-corrected chi connectivity index (χ3v) is 5.74. The van der Waals surface area contributed by atoms with Crippen LogP contribution in [0.25, 0.3) is 10.8 Å². The highest BCUT2D eigenvalue weighted by atomic mass is 16.1. The van der Waals surface area contributed by atoms with Gasteiger partial charge in [0.25, 0.3) is 0 Å². The summed E-state index contributed by atoms with van der Waals surface area (Å²) in [5.74, 6) is 0.573. The van der Waals surface area contributed by atoms with Gasteiger partial charge in [-0.05, 0) is 49.6 Å². The van der Waals surface area contributed by atoms with Gasteiger partial charge >= 0.3 is 0 Å². The molecule has 2 atom stereocenters. The summed E-state index contributed by atoms with van der Waals surface area (Å²) >= 11 is 0. The Morgan fingerprint density at radius 2 is 1.68 bits per heavy atom. The molecule has 0 N–H and O–H groups in total. The Kier molecular flexibility index (Phi) is 3.50. The highest BCUT2D eigenvalue weighted by molar-refractivity contribution is 6.01. The standard InChI is InChI=1S/C20H23NO/c1-21-18-7-4-8-19(21)13-17(12-18)20(22)16-10-9-14-5-2-3-6-15(14)11-16/h2-3,5-6,9-11,17-19H,4,7-8,12-13H2,1H3. The highest BCUT2D eigenvalue weighted by Gasteiger charge is 2.38. The molecule has 0 amide bonds. The number of benzene rings is 2. The van der Waals surface area contributed by atoms with Gasteiger partial charge in [0.1, 0.15) is 0 Å². The summed E-state index contributed by atoms with van der Waals surface area (Å²) in [5, 5.41) is 2.38. The number of piperidine rings is 2. The molecule has 2 saturated heterocycles. The molecule has 0 radical (unpaired) electrons. The van der Waals surface area contributed by atoms with E-state index < -0.39 is 0 Å². The first-order valence-electron chi connectivity index (χ1n) is 8.47. The maximum absolute atomic E-state index is 13.0. The minimum Gasteiger partial charge on any atom is -0.300 e. The van der Waals surface area contributed by atoms with Crippen molar-refractivity contribution in [1.29, 1.82) is 0 Å². The van der Waals surface area contributed by atoms with E-state index in [0.717, 1.165) is 18.4 Å². The van der Waals surface area contributed by atoms with Gasteiger partial charge in [0.15, 0.2) is 5.78 Å². The van der Waals surface area contributed by atoms with Crippen LogP contribution in [0.2, 0.25) is 0 Å². The number of hydrogen-bond donors (Lipinski definition) is 0. The van der Waals surface area contributed by atoms with Crippen LogP contribution in [0.1, 0.15) is 42.5 Å². The monoisotopic (exact) mass is 293 g/mol. The summed E-state index contributed by atoms with van der Waals surface area (Å²) in [4.78, 5) is 15.5. The van der Waals surface area contributed by atoms with E-state index in [-0.39, 0.29) is 5.92 Å². The number of ketones is 1. The molecule has 2 unspecified atom stereocenters. The van der Waals surface area contributed by atoms with Crippen LogP contribution in [0.5, 0.6) is 0 Å². The lowest BCUT2D eigenvalue weighted by Gasteiger charge is -2.46. The molecule has 2 fully saturated rings. The van der Waals surface area contributed by atoms with Gasteiger partial charge in [0, 0.05) is 23.6 Å². The molecule has 4 rings (SSSR count). The first-order valence-corrected chi connectivity index (χ1v) is 8.47. The molecule has 0 spiro atoms. The minimum absolute atomic E-state index is 0.215. The van der Waals surface area contributed by atoms with Crippen molar-refractivity contribution in [1.82, 2.24) is 4.90 Å². The molecule has 22 heavy (non-hydrogen) atoms. The van der Waals surface area contributed by atoms with Gasteiger partial charge in [0.2, 0.25) is 0 Å². The maximum Gasteiger partial charge on any atom is 0.166 e. The summed E-state index contributed by atoms with van der Waals surface area (Å²) < 4.78 is 0. The number of nitrogens with zero attached hydrogens (tertiary/aromatic N) is 1. The molecule has 2 aliphatic rings. The van der Waals surface area contributed by atoms with E-state index in [9.17, 15) is 4.79 Å². The Morgan fingerprint density at radius 3 is 2.41 bits per heavy atom. The summed E-state index contributed by atoms with van der Waals surface area (Å²) in [7, 11) is 2.24. The van der Waals surface area contributed by atoms with E-state index >= 15 is 0 Å². The van der Waals surface area contributed by atoms with Crippen molar-refractivity contribution in [3.63, 3.8) is 0 Å². The van der Waals surface area contributed by atoms with Crippen molar-refractivity contribution >= 4 is 16.6 Å². The first-order chi connectivity index (χ1) is 10.7. The molecule has 2 aromatic carbocycles. The summed E-state index contributed by atoms with van der Waals surface area (Å²) in [6, 6.07) is 15.7. The second kappa shape index (κ2) is 5.51. The molecule has 2 aromatic rings. The second-order valence-corrected chi connectivity index (χ2v) is 7.00. The van der Waals surface area contributed by atoms with Crippen LogP contribution < -0.4 is 0 Å². The molecule has 114 valence electrons. The third-order valence-electron chi connectivity index (χ3n) is 5.74. The predicted molar refractivity (Wildman–Crippen MR) is 90.2 cm³/mol. The molecular formula is C20H23NO. The number of carbonyl (C=O) groups excluding carboxylic acids is 1. The van der Waals surface area contributed by atoms with Gasteiger partial charge < -0.3 is 4.90 Å². The third kappa shape index (κ3) is 2.36. The zero-order chi connectivity index (χ0) is 15.1. The second-order valence-electron chi connectivity index (χ2n) is 7.00. The van der Waals surface area contributed by atoms with E-state index in [4.69, 9.17) is 0 Å². The molecule has 2 nitrogen and oxygen atoms in total. The van der Waals surface area contributed by atoms with Crippen molar-refractivity contribution < 1.29 is 4.79 Å². The summed E-state index contributed by atoms with van der Waals surface area (Å²) in [6.45, 7) is 0. The lowest BCUT2D eigenvalue weighted by atomic mass is 9.76. The molecule has 2 bridgehead atoms. The van der Waals surface area contributed by atoms with Crippen molar-refractivity contribution in [3.05, 3.63) is 48.0 Å². The van der Waals surface area contributed by atoms with E-state index in [2.05, 4.69) is 36.2 Å². The normalized spacial score (nSPS) is 28.7. The lowest BCUT2D eigenvalue weighted by Crippen LogP contribution is -2.51. The van der Waals surface area contributed by atoms with Crippen molar-refractivity contribution in [2.45, 2.75) is 44.2 Å². The van der Waals surface area contributed by atoms with Gasteiger partial charge in [0.05, 0.1) is 0 Å². The number of hydrogen-bond acceptors (Lipinski definition) is 2. The Hall–Kier alpha value is -1.67. The molecule has 0 saturated carbocycles. The molecule has 2 heterocycles. The molecule has 2 heteroatoms. The summed E-state index contributed by atoms with van der Waals surface area (Å²) in [6.07, 6.45) is 5.93. The Balaban J connectivity index is 1.60. The Morgan fingerprint density at radius 1 is 1.00 bits per heavy atom. The van der Waals surface area contributed by atoms with Gasteiger partial charge in [-0.25, -0.2) is 0 Å². The van der Waals surface area contributed by atoms with Crippen LogP contribution in [-0.2, 0) is 0 Å². The van der Waals surface area contributed by atoms with Gasteiger partial charge in [-0.15, -0.1) is 0 Å². The van der Waals surface area contributed by atoms with Gasteiger partial charge in [-0.1, -0.05) is 42.8 Å². The van der Waals surface area contributed by atoms with Crippen molar-refractivity contribution in [2.75, 3.05) is 7.05 Å². The number of rotatable bonds is 2. The zero-order valence-corrected chi connectivity index (χ0v) is 13.2. The first kappa shape index (κ1) is 14.0. The Labute approximate surface area is 132 Å². The van der Waals surface area contributed by atoms with E-state index in [1.807, 2.05) is 18.2 Å². The smallest absolute Gasteiger partial charge is 0.166 e. The van der Waals surface area contributed by atoms with Crippen LogP contribution in [0.3, 0.4) is 0 Å². The number of Topliss-reactive ketones (excluding diaryl/α,β-unsaturated/α-hetero) is 1. The molecule has 0 aliphatic carbocycles. The fourth-order valence-corrected chi connectivity index (χ4v) is 4.41. The average Bonchev–Trinajstić information content (AvgIpc) is 2.53. The van der Waals surface area contributed by atoms with Gasteiger partial charge in [-0.3, -0.25) is 4.79 Å². The van der Waals surface area contributed by atoms with E-state index in [1.165, 1.54) is 30.0 Å². The summed E-state index contributed by atoms with van der Waals surface area (Å²) in [5.41, 5.74) is 0.895. The lowest BCUT2D eigenvalue weighted by molar-refractivity contribution is 0.0338. The van der Waals surface area contributed by atoms with Crippen LogP contribution in [0, 0.1) is 5.92 Å². The molecule has 2 aliphatic heterocycles. The largest absolute Gasteiger partial charge is 0.300 e. The SMILES string of the molecule is CN1C2CCCC1CC(C(=O)c1ccc3ccccc3c1)C2. The quantitative estimate of drug-likeness (QED) is 0.770. The molecular weight excluding hydrogens is 270 g/mol. The van der Waals surface area contributed by atoms with Crippen molar-refractivity contribution in [3.8, 4) is 0 Å². The maximum atomic E-state index is 13.0. The van der Waals surface area contributed by atoms with E-state index in [0.29, 0.717) is 17.9 Å².